The fourth-order valence-corrected chi connectivity index (χ4v) is 2.97. The van der Waals surface area contributed by atoms with Crippen LogP contribution in [0, 0.1) is 0 Å². The Labute approximate surface area is 121 Å². The van der Waals surface area contributed by atoms with Gasteiger partial charge in [-0.15, -0.1) is 0 Å². The molecule has 1 fully saturated rings. The van der Waals surface area contributed by atoms with Gasteiger partial charge in [-0.2, -0.15) is 4.98 Å². The second-order valence-corrected chi connectivity index (χ2v) is 5.56. The van der Waals surface area contributed by atoms with E-state index in [2.05, 4.69) is 15.5 Å². The molecule has 0 unspecified atom stereocenters. The predicted molar refractivity (Wildman–Crippen MR) is 77.6 cm³/mol. The Hall–Kier alpha value is -0.940. The van der Waals surface area contributed by atoms with E-state index < -0.39 is 0 Å². The number of hydrogen-bond donors (Lipinski definition) is 1. The quantitative estimate of drug-likeness (QED) is 0.615. The first-order valence-corrected chi connectivity index (χ1v) is 7.92. The maximum Gasteiger partial charge on any atom is 0.226 e. The topological polar surface area (TPSA) is 60.2 Å². The van der Waals surface area contributed by atoms with E-state index >= 15 is 0 Å². The van der Waals surface area contributed by atoms with Crippen LogP contribution in [-0.2, 0) is 16.8 Å². The van der Waals surface area contributed by atoms with Crippen molar-refractivity contribution in [1.29, 1.82) is 0 Å². The molecule has 1 N–H and O–H groups in total. The summed E-state index contributed by atoms with van der Waals surface area (Å²) in [5.74, 6) is 1.50. The molecule has 1 aliphatic carbocycles. The van der Waals surface area contributed by atoms with Crippen LogP contribution in [0.4, 0.5) is 0 Å². The summed E-state index contributed by atoms with van der Waals surface area (Å²) < 4.78 is 11.5. The number of aromatic nitrogens is 2. The molecule has 1 saturated carbocycles. The summed E-state index contributed by atoms with van der Waals surface area (Å²) in [7, 11) is 1.95. The Morgan fingerprint density at radius 1 is 1.25 bits per heavy atom. The number of rotatable bonds is 7. The summed E-state index contributed by atoms with van der Waals surface area (Å²) in [4.78, 5) is 4.61. The maximum absolute atomic E-state index is 6.08. The van der Waals surface area contributed by atoms with E-state index in [9.17, 15) is 0 Å². The highest BCUT2D eigenvalue weighted by Gasteiger charge is 2.38. The van der Waals surface area contributed by atoms with Gasteiger partial charge in [-0.1, -0.05) is 30.8 Å². The maximum atomic E-state index is 6.08. The van der Waals surface area contributed by atoms with Gasteiger partial charge in [0.1, 0.15) is 5.60 Å². The van der Waals surface area contributed by atoms with Gasteiger partial charge < -0.3 is 14.6 Å². The second kappa shape index (κ2) is 7.74. The van der Waals surface area contributed by atoms with Gasteiger partial charge in [0.2, 0.25) is 11.7 Å². The van der Waals surface area contributed by atoms with Gasteiger partial charge in [-0.05, 0) is 39.8 Å². The van der Waals surface area contributed by atoms with E-state index in [1.165, 1.54) is 25.7 Å². The molecule has 0 atom stereocenters. The van der Waals surface area contributed by atoms with Crippen molar-refractivity contribution in [3.63, 3.8) is 0 Å². The molecule has 114 valence electrons. The van der Waals surface area contributed by atoms with Gasteiger partial charge in [-0.3, -0.25) is 0 Å². The van der Waals surface area contributed by atoms with E-state index in [1.807, 2.05) is 14.0 Å². The number of nitrogens with one attached hydrogen (secondary N) is 1. The Morgan fingerprint density at radius 3 is 2.65 bits per heavy atom. The normalized spacial score (nSPS) is 18.9. The minimum absolute atomic E-state index is 0.310. The van der Waals surface area contributed by atoms with Crippen LogP contribution in [-0.4, -0.2) is 30.3 Å². The third-order valence-corrected chi connectivity index (χ3v) is 4.02. The lowest BCUT2D eigenvalue weighted by atomic mass is 9.93. The Kier molecular flexibility index (Phi) is 5.98. The van der Waals surface area contributed by atoms with Gasteiger partial charge in [0, 0.05) is 13.0 Å². The second-order valence-electron chi connectivity index (χ2n) is 5.56. The average Bonchev–Trinajstić information content (AvgIpc) is 2.80. The lowest BCUT2D eigenvalue weighted by Crippen LogP contribution is -2.30. The monoisotopic (exact) mass is 281 g/mol. The number of hydrogen-bond acceptors (Lipinski definition) is 5. The van der Waals surface area contributed by atoms with E-state index in [4.69, 9.17) is 9.26 Å². The number of ether oxygens (including phenoxy) is 1. The number of nitrogens with zero attached hydrogens (tertiary/aromatic N) is 2. The van der Waals surface area contributed by atoms with Crippen molar-refractivity contribution in [2.45, 2.75) is 63.9 Å². The fourth-order valence-electron chi connectivity index (χ4n) is 2.97. The molecule has 0 amide bonds. The predicted octanol–water partition coefficient (Wildman–Crippen LogP) is 2.81. The lowest BCUT2D eigenvalue weighted by Gasteiger charge is -2.29. The molecule has 5 heteroatoms. The minimum Gasteiger partial charge on any atom is -0.367 e. The molecule has 20 heavy (non-hydrogen) atoms. The highest BCUT2D eigenvalue weighted by atomic mass is 16.5. The van der Waals surface area contributed by atoms with Gasteiger partial charge in [0.05, 0.1) is 0 Å². The Morgan fingerprint density at radius 2 is 2.00 bits per heavy atom. The van der Waals surface area contributed by atoms with Crippen LogP contribution in [0.25, 0.3) is 0 Å². The van der Waals surface area contributed by atoms with Crippen LogP contribution in [0.2, 0.25) is 0 Å². The molecule has 1 heterocycles. The average molecular weight is 281 g/mol. The molecule has 0 aromatic carbocycles. The molecule has 0 spiro atoms. The Balaban J connectivity index is 2.08. The zero-order valence-electron chi connectivity index (χ0n) is 12.8. The third kappa shape index (κ3) is 3.79. The highest BCUT2D eigenvalue weighted by molar-refractivity contribution is 5.03. The van der Waals surface area contributed by atoms with Crippen molar-refractivity contribution >= 4 is 0 Å². The molecule has 5 nitrogen and oxygen atoms in total. The van der Waals surface area contributed by atoms with Gasteiger partial charge in [0.15, 0.2) is 0 Å². The summed E-state index contributed by atoms with van der Waals surface area (Å²) in [6, 6.07) is 0. The molecule has 0 aliphatic heterocycles. The largest absolute Gasteiger partial charge is 0.367 e. The van der Waals surface area contributed by atoms with Crippen molar-refractivity contribution in [2.24, 2.45) is 0 Å². The SMILES string of the molecule is CCOC1(c2noc(CCCNC)n2)CCCCCC1. The molecule has 2 rings (SSSR count). The smallest absolute Gasteiger partial charge is 0.226 e. The van der Waals surface area contributed by atoms with E-state index in [0.717, 1.165) is 43.9 Å². The lowest BCUT2D eigenvalue weighted by molar-refractivity contribution is -0.0636. The van der Waals surface area contributed by atoms with E-state index in [1.54, 1.807) is 0 Å². The zero-order chi connectivity index (χ0) is 14.3. The summed E-state index contributed by atoms with van der Waals surface area (Å²) >= 11 is 0. The first-order chi connectivity index (χ1) is 9.80. The first kappa shape index (κ1) is 15.4. The van der Waals surface area contributed by atoms with Gasteiger partial charge >= 0.3 is 0 Å². The van der Waals surface area contributed by atoms with Crippen molar-refractivity contribution in [2.75, 3.05) is 20.2 Å². The molecule has 0 bridgehead atoms. The summed E-state index contributed by atoms with van der Waals surface area (Å²) in [5, 5.41) is 7.35. The molecular formula is C15H27N3O2. The van der Waals surface area contributed by atoms with Crippen molar-refractivity contribution < 1.29 is 9.26 Å². The van der Waals surface area contributed by atoms with Gasteiger partial charge in [-0.25, -0.2) is 0 Å². The molecule has 0 saturated heterocycles. The molecule has 0 radical (unpaired) electrons. The van der Waals surface area contributed by atoms with Gasteiger partial charge in [0.25, 0.3) is 0 Å². The van der Waals surface area contributed by atoms with Crippen molar-refractivity contribution in [1.82, 2.24) is 15.5 Å². The molecule has 1 aromatic heterocycles. The minimum atomic E-state index is -0.310. The van der Waals surface area contributed by atoms with Crippen molar-refractivity contribution in [3.05, 3.63) is 11.7 Å². The zero-order valence-corrected chi connectivity index (χ0v) is 12.8. The number of aryl methyl sites for hydroxylation is 1. The molecule has 1 aliphatic rings. The first-order valence-electron chi connectivity index (χ1n) is 7.92. The molecule has 1 aromatic rings. The Bertz CT molecular complexity index is 384. The fraction of sp³-hybridized carbons (Fsp3) is 0.867. The molecular weight excluding hydrogens is 254 g/mol. The van der Waals surface area contributed by atoms with Crippen LogP contribution < -0.4 is 5.32 Å². The van der Waals surface area contributed by atoms with Crippen LogP contribution in [0.5, 0.6) is 0 Å². The summed E-state index contributed by atoms with van der Waals surface area (Å²) in [6.45, 7) is 3.71. The van der Waals surface area contributed by atoms with E-state index in [-0.39, 0.29) is 5.60 Å². The van der Waals surface area contributed by atoms with Crippen molar-refractivity contribution in [3.8, 4) is 0 Å². The summed E-state index contributed by atoms with van der Waals surface area (Å²) in [6.07, 6.45) is 8.79. The third-order valence-electron chi connectivity index (χ3n) is 4.02. The van der Waals surface area contributed by atoms with Crippen LogP contribution in [0.3, 0.4) is 0 Å². The standard InChI is InChI=1S/C15H27N3O2/c1-3-19-15(10-6-4-5-7-11-15)14-17-13(20-18-14)9-8-12-16-2/h16H,3-12H2,1-2H3. The van der Waals surface area contributed by atoms with Crippen LogP contribution >= 0.6 is 0 Å². The van der Waals surface area contributed by atoms with E-state index in [0.29, 0.717) is 6.61 Å². The highest BCUT2D eigenvalue weighted by Crippen LogP contribution is 2.38. The van der Waals surface area contributed by atoms with Crippen LogP contribution in [0.15, 0.2) is 4.52 Å². The van der Waals surface area contributed by atoms with Crippen LogP contribution in [0.1, 0.15) is 63.6 Å². The summed E-state index contributed by atoms with van der Waals surface area (Å²) in [5.41, 5.74) is -0.310.